The summed E-state index contributed by atoms with van der Waals surface area (Å²) in [6.45, 7) is -0.204. The van der Waals surface area contributed by atoms with Crippen molar-refractivity contribution >= 4 is 46.5 Å². The van der Waals surface area contributed by atoms with Gasteiger partial charge in [0, 0.05) is 10.6 Å². The number of hydrogen-bond donors (Lipinski definition) is 1. The van der Waals surface area contributed by atoms with E-state index in [4.69, 9.17) is 11.6 Å². The van der Waals surface area contributed by atoms with Crippen molar-refractivity contribution in [2.75, 3.05) is 6.54 Å². The van der Waals surface area contributed by atoms with Crippen molar-refractivity contribution in [2.45, 2.75) is 44.1 Å². The largest absolute Gasteiger partial charge is 0.349 e. The molecule has 1 N–H and O–H groups in total. The van der Waals surface area contributed by atoms with Gasteiger partial charge < -0.3 is 5.32 Å². The van der Waals surface area contributed by atoms with Crippen molar-refractivity contribution in [1.82, 2.24) is 10.2 Å². The van der Waals surface area contributed by atoms with E-state index in [2.05, 4.69) is 5.32 Å². The molecule has 0 aromatic heterocycles. The molecule has 152 valence electrons. The highest BCUT2D eigenvalue weighted by molar-refractivity contribution is 8.18. The van der Waals surface area contributed by atoms with E-state index in [0.29, 0.717) is 9.93 Å². The van der Waals surface area contributed by atoms with Crippen LogP contribution in [0.2, 0.25) is 5.02 Å². The Morgan fingerprint density at radius 1 is 1.10 bits per heavy atom. The Balaban J connectivity index is 1.26. The molecule has 5 aliphatic rings. The van der Waals surface area contributed by atoms with Crippen LogP contribution in [0.3, 0.4) is 0 Å². The zero-order valence-electron chi connectivity index (χ0n) is 16.0. The van der Waals surface area contributed by atoms with Gasteiger partial charge >= 0.3 is 0 Å². The zero-order chi connectivity index (χ0) is 20.2. The molecular formula is C22H23ClN2O3S. The predicted octanol–water partition coefficient (Wildman–Crippen LogP) is 4.46. The van der Waals surface area contributed by atoms with Gasteiger partial charge in [-0.15, -0.1) is 0 Å². The van der Waals surface area contributed by atoms with Gasteiger partial charge in [-0.2, -0.15) is 0 Å². The van der Waals surface area contributed by atoms with Crippen LogP contribution in [0.4, 0.5) is 4.79 Å². The highest BCUT2D eigenvalue weighted by Gasteiger charge is 2.51. The van der Waals surface area contributed by atoms with Gasteiger partial charge in [0.25, 0.3) is 11.1 Å². The second kappa shape index (κ2) is 7.17. The maximum Gasteiger partial charge on any atom is 0.294 e. The third-order valence-corrected chi connectivity index (χ3v) is 7.95. The highest BCUT2D eigenvalue weighted by Crippen LogP contribution is 2.55. The van der Waals surface area contributed by atoms with Gasteiger partial charge in [0.2, 0.25) is 5.91 Å². The summed E-state index contributed by atoms with van der Waals surface area (Å²) in [5.74, 6) is 1.54. The number of hydrogen-bond acceptors (Lipinski definition) is 4. The summed E-state index contributed by atoms with van der Waals surface area (Å²) < 4.78 is 0. The van der Waals surface area contributed by atoms with Crippen molar-refractivity contribution in [1.29, 1.82) is 0 Å². The summed E-state index contributed by atoms with van der Waals surface area (Å²) in [6, 6.07) is 7.04. The van der Waals surface area contributed by atoms with Gasteiger partial charge in [0.05, 0.1) is 4.91 Å². The number of benzene rings is 1. The standard InChI is InChI=1S/C22H23ClN2O3S/c23-17-3-1-13(2-4-17)8-18-20(27)25(21(28)29-18)12-19(26)24-22-9-14-5-15(10-22)7-16(6-14)11-22/h1-4,8,14-16H,5-7,9-12H2,(H,24,26). The SMILES string of the molecule is O=C(CN1C(=O)SC(=Cc2ccc(Cl)cc2)C1=O)NC12CC3CC(CC(C3)C1)C2. The molecule has 1 heterocycles. The Morgan fingerprint density at radius 3 is 2.28 bits per heavy atom. The molecule has 5 nitrogen and oxygen atoms in total. The minimum Gasteiger partial charge on any atom is -0.349 e. The molecule has 1 saturated heterocycles. The Labute approximate surface area is 179 Å². The van der Waals surface area contributed by atoms with E-state index in [1.54, 1.807) is 30.3 Å². The molecule has 7 heteroatoms. The Kier molecular flexibility index (Phi) is 4.74. The molecule has 29 heavy (non-hydrogen) atoms. The van der Waals surface area contributed by atoms with Gasteiger partial charge in [-0.05, 0) is 91.8 Å². The molecule has 0 spiro atoms. The van der Waals surface area contributed by atoms with E-state index >= 15 is 0 Å². The molecule has 3 amide bonds. The minimum atomic E-state index is -0.407. The first kappa shape index (κ1) is 19.2. The number of amides is 3. The van der Waals surface area contributed by atoms with Gasteiger partial charge in [0.15, 0.2) is 0 Å². The zero-order valence-corrected chi connectivity index (χ0v) is 17.6. The van der Waals surface area contributed by atoms with Crippen LogP contribution < -0.4 is 5.32 Å². The molecule has 4 saturated carbocycles. The summed E-state index contributed by atoms with van der Waals surface area (Å²) in [4.78, 5) is 39.2. The Morgan fingerprint density at radius 2 is 1.69 bits per heavy atom. The van der Waals surface area contributed by atoms with Crippen LogP contribution in [-0.4, -0.2) is 34.0 Å². The molecule has 0 atom stereocenters. The van der Waals surface area contributed by atoms with E-state index in [1.807, 2.05) is 0 Å². The molecule has 4 bridgehead atoms. The van der Waals surface area contributed by atoms with Crippen LogP contribution in [0, 0.1) is 17.8 Å². The molecule has 0 radical (unpaired) electrons. The lowest BCUT2D eigenvalue weighted by molar-refractivity contribution is -0.132. The Bertz CT molecular complexity index is 876. The van der Waals surface area contributed by atoms with E-state index in [9.17, 15) is 14.4 Å². The fraction of sp³-hybridized carbons (Fsp3) is 0.500. The molecule has 0 unspecified atom stereocenters. The molecular weight excluding hydrogens is 408 g/mol. The van der Waals surface area contributed by atoms with Gasteiger partial charge in [-0.1, -0.05) is 23.7 Å². The summed E-state index contributed by atoms with van der Waals surface area (Å²) in [7, 11) is 0. The molecule has 4 aliphatic carbocycles. The quantitative estimate of drug-likeness (QED) is 0.716. The minimum absolute atomic E-state index is 0.118. The molecule has 5 fully saturated rings. The summed E-state index contributed by atoms with van der Waals surface area (Å²) in [6.07, 6.45) is 8.70. The van der Waals surface area contributed by atoms with Crippen molar-refractivity contribution in [3.05, 3.63) is 39.8 Å². The van der Waals surface area contributed by atoms with Crippen molar-refractivity contribution in [3.63, 3.8) is 0 Å². The van der Waals surface area contributed by atoms with E-state index in [-0.39, 0.29) is 18.0 Å². The maximum absolute atomic E-state index is 12.8. The van der Waals surface area contributed by atoms with Crippen LogP contribution in [0.5, 0.6) is 0 Å². The second-order valence-electron chi connectivity index (χ2n) is 9.07. The maximum atomic E-state index is 12.8. The van der Waals surface area contributed by atoms with Crippen molar-refractivity contribution < 1.29 is 14.4 Å². The third kappa shape index (κ3) is 3.73. The van der Waals surface area contributed by atoms with Crippen molar-refractivity contribution in [3.8, 4) is 0 Å². The fourth-order valence-electron chi connectivity index (χ4n) is 6.09. The fourth-order valence-corrected chi connectivity index (χ4v) is 7.05. The lowest BCUT2D eigenvalue weighted by Crippen LogP contribution is -2.61. The van der Waals surface area contributed by atoms with Gasteiger partial charge in [-0.3, -0.25) is 19.3 Å². The summed E-state index contributed by atoms with van der Waals surface area (Å²) >= 11 is 6.77. The first-order valence-corrected chi connectivity index (χ1v) is 11.4. The van der Waals surface area contributed by atoms with E-state index < -0.39 is 11.1 Å². The van der Waals surface area contributed by atoms with Gasteiger partial charge in [0.1, 0.15) is 6.54 Å². The third-order valence-electron chi connectivity index (χ3n) is 6.79. The lowest BCUT2D eigenvalue weighted by atomic mass is 9.53. The van der Waals surface area contributed by atoms with E-state index in [1.165, 1.54) is 19.3 Å². The average Bonchev–Trinajstić information content (AvgIpc) is 2.89. The highest BCUT2D eigenvalue weighted by atomic mass is 35.5. The van der Waals surface area contributed by atoms with E-state index in [0.717, 1.165) is 59.2 Å². The summed E-state index contributed by atoms with van der Waals surface area (Å²) in [5.41, 5.74) is 0.671. The first-order chi connectivity index (χ1) is 13.9. The number of nitrogens with one attached hydrogen (secondary N) is 1. The van der Waals surface area contributed by atoms with Crippen LogP contribution in [-0.2, 0) is 9.59 Å². The van der Waals surface area contributed by atoms with Crippen LogP contribution >= 0.6 is 23.4 Å². The number of carbonyl (C=O) groups is 3. The number of thioether (sulfide) groups is 1. The Hall–Kier alpha value is -1.79. The average molecular weight is 431 g/mol. The number of imide groups is 1. The molecule has 1 aliphatic heterocycles. The first-order valence-electron chi connectivity index (χ1n) is 10.2. The van der Waals surface area contributed by atoms with Crippen molar-refractivity contribution in [2.24, 2.45) is 17.8 Å². The number of rotatable bonds is 4. The smallest absolute Gasteiger partial charge is 0.294 e. The monoisotopic (exact) mass is 430 g/mol. The summed E-state index contributed by atoms with van der Waals surface area (Å²) in [5, 5.41) is 3.45. The lowest BCUT2D eigenvalue weighted by Gasteiger charge is -2.56. The number of carbonyl (C=O) groups excluding carboxylic acids is 3. The molecule has 1 aromatic carbocycles. The molecule has 1 aromatic rings. The van der Waals surface area contributed by atoms with Crippen LogP contribution in [0.1, 0.15) is 44.1 Å². The number of nitrogens with zero attached hydrogens (tertiary/aromatic N) is 1. The second-order valence-corrected chi connectivity index (χ2v) is 10.5. The van der Waals surface area contributed by atoms with Gasteiger partial charge in [-0.25, -0.2) is 0 Å². The van der Waals surface area contributed by atoms with Crippen LogP contribution in [0.15, 0.2) is 29.2 Å². The normalized spacial score (nSPS) is 34.3. The molecule has 6 rings (SSSR count). The number of halogens is 1. The topological polar surface area (TPSA) is 66.5 Å². The van der Waals surface area contributed by atoms with Crippen LogP contribution in [0.25, 0.3) is 6.08 Å². The predicted molar refractivity (Wildman–Crippen MR) is 113 cm³/mol.